The molecule has 2 aromatic heterocycles. The highest BCUT2D eigenvalue weighted by molar-refractivity contribution is 6.29. The molecule has 7 heteroatoms. The zero-order valence-electron chi connectivity index (χ0n) is 9.01. The van der Waals surface area contributed by atoms with Gasteiger partial charge in [0.1, 0.15) is 11.0 Å². The molecule has 2 aromatic rings. The molecule has 2 heterocycles. The molecular formula is C10H10ClN5O. The van der Waals surface area contributed by atoms with Crippen molar-refractivity contribution in [3.05, 3.63) is 35.2 Å². The fraction of sp³-hybridized carbons (Fsp3) is 0.100. The van der Waals surface area contributed by atoms with Gasteiger partial charge in [0, 0.05) is 13.2 Å². The Kier molecular flexibility index (Phi) is 2.97. The summed E-state index contributed by atoms with van der Waals surface area (Å²) >= 11 is 5.70. The van der Waals surface area contributed by atoms with Crippen LogP contribution in [0.25, 0.3) is 0 Å². The lowest BCUT2D eigenvalue weighted by molar-refractivity contribution is 0.102. The van der Waals surface area contributed by atoms with Crippen LogP contribution < -0.4 is 11.1 Å². The van der Waals surface area contributed by atoms with Crippen molar-refractivity contribution in [1.29, 1.82) is 0 Å². The smallest absolute Gasteiger partial charge is 0.279 e. The van der Waals surface area contributed by atoms with E-state index in [0.717, 1.165) is 0 Å². The van der Waals surface area contributed by atoms with Gasteiger partial charge in [0.15, 0.2) is 5.69 Å². The average molecular weight is 252 g/mol. The van der Waals surface area contributed by atoms with Crippen molar-refractivity contribution >= 4 is 29.0 Å². The van der Waals surface area contributed by atoms with Crippen LogP contribution in [0, 0.1) is 0 Å². The molecule has 0 aliphatic heterocycles. The largest absolute Gasteiger partial charge is 0.396 e. The molecule has 0 bridgehead atoms. The highest BCUT2D eigenvalue weighted by Crippen LogP contribution is 2.13. The number of nitrogens with two attached hydrogens (primary N) is 1. The van der Waals surface area contributed by atoms with E-state index in [2.05, 4.69) is 15.4 Å². The van der Waals surface area contributed by atoms with E-state index in [9.17, 15) is 4.79 Å². The van der Waals surface area contributed by atoms with Crippen LogP contribution in [-0.4, -0.2) is 20.7 Å². The summed E-state index contributed by atoms with van der Waals surface area (Å²) in [5.74, 6) is -0.0644. The third-order valence-corrected chi connectivity index (χ3v) is 2.24. The standard InChI is InChI=1S/C10H10ClN5O/c1-16-5-6(12)9(15-16)10(17)14-8-4-2-3-7(11)13-8/h2-5H,12H2,1H3,(H,13,14,17). The summed E-state index contributed by atoms with van der Waals surface area (Å²) in [6.45, 7) is 0. The van der Waals surface area contributed by atoms with Crippen molar-refractivity contribution < 1.29 is 4.79 Å². The maximum atomic E-state index is 11.8. The van der Waals surface area contributed by atoms with Gasteiger partial charge in [-0.05, 0) is 12.1 Å². The first-order chi connectivity index (χ1) is 8.06. The van der Waals surface area contributed by atoms with Crippen LogP contribution in [0.15, 0.2) is 24.4 Å². The summed E-state index contributed by atoms with van der Waals surface area (Å²) in [5, 5.41) is 6.81. The van der Waals surface area contributed by atoms with Gasteiger partial charge in [-0.25, -0.2) is 4.98 Å². The first kappa shape index (κ1) is 11.4. The van der Waals surface area contributed by atoms with Crippen molar-refractivity contribution in [3.63, 3.8) is 0 Å². The maximum absolute atomic E-state index is 11.8. The molecule has 0 unspecified atom stereocenters. The Morgan fingerprint density at radius 1 is 1.53 bits per heavy atom. The number of pyridine rings is 1. The van der Waals surface area contributed by atoms with E-state index in [4.69, 9.17) is 17.3 Å². The molecule has 0 aromatic carbocycles. The normalized spacial score (nSPS) is 10.2. The van der Waals surface area contributed by atoms with Gasteiger partial charge in [0.25, 0.3) is 5.91 Å². The van der Waals surface area contributed by atoms with Crippen LogP contribution >= 0.6 is 11.6 Å². The highest BCUT2D eigenvalue weighted by atomic mass is 35.5. The molecule has 6 nitrogen and oxygen atoms in total. The fourth-order valence-electron chi connectivity index (χ4n) is 1.34. The number of hydrogen-bond acceptors (Lipinski definition) is 4. The van der Waals surface area contributed by atoms with Gasteiger partial charge in [-0.1, -0.05) is 17.7 Å². The number of nitrogen functional groups attached to an aromatic ring is 1. The summed E-state index contributed by atoms with van der Waals surface area (Å²) in [5.41, 5.74) is 6.11. The molecule has 0 spiro atoms. The number of rotatable bonds is 2. The number of carbonyl (C=O) groups is 1. The van der Waals surface area contributed by atoms with Gasteiger partial charge in [-0.15, -0.1) is 0 Å². The Morgan fingerprint density at radius 3 is 2.88 bits per heavy atom. The molecule has 0 aliphatic rings. The SMILES string of the molecule is Cn1cc(N)c(C(=O)Nc2cccc(Cl)n2)n1. The second kappa shape index (κ2) is 4.42. The van der Waals surface area contributed by atoms with Crippen molar-refractivity contribution in [2.24, 2.45) is 7.05 Å². The molecular weight excluding hydrogens is 242 g/mol. The fourth-order valence-corrected chi connectivity index (χ4v) is 1.50. The minimum absolute atomic E-state index is 0.161. The Labute approximate surface area is 102 Å². The van der Waals surface area contributed by atoms with Crippen LogP contribution in [0.2, 0.25) is 5.15 Å². The lowest BCUT2D eigenvalue weighted by Crippen LogP contribution is -2.15. The minimum atomic E-state index is -0.419. The highest BCUT2D eigenvalue weighted by Gasteiger charge is 2.14. The van der Waals surface area contributed by atoms with Crippen molar-refractivity contribution in [3.8, 4) is 0 Å². The van der Waals surface area contributed by atoms with E-state index in [-0.39, 0.29) is 5.69 Å². The molecule has 1 amide bonds. The van der Waals surface area contributed by atoms with Crippen LogP contribution in [0.5, 0.6) is 0 Å². The number of aryl methyl sites for hydroxylation is 1. The molecule has 0 fully saturated rings. The van der Waals surface area contributed by atoms with Crippen LogP contribution in [0.3, 0.4) is 0 Å². The van der Waals surface area contributed by atoms with Crippen molar-refractivity contribution in [2.75, 3.05) is 11.1 Å². The second-order valence-electron chi connectivity index (χ2n) is 3.41. The lowest BCUT2D eigenvalue weighted by Gasteiger charge is -2.02. The summed E-state index contributed by atoms with van der Waals surface area (Å²) in [6, 6.07) is 4.93. The maximum Gasteiger partial charge on any atom is 0.279 e. The summed E-state index contributed by atoms with van der Waals surface area (Å²) in [6.07, 6.45) is 1.56. The van der Waals surface area contributed by atoms with E-state index in [1.807, 2.05) is 0 Å². The van der Waals surface area contributed by atoms with E-state index in [1.165, 1.54) is 4.68 Å². The minimum Gasteiger partial charge on any atom is -0.396 e. The van der Waals surface area contributed by atoms with E-state index in [1.54, 1.807) is 31.4 Å². The monoisotopic (exact) mass is 251 g/mol. The third kappa shape index (κ3) is 2.54. The third-order valence-electron chi connectivity index (χ3n) is 2.03. The van der Waals surface area contributed by atoms with Gasteiger partial charge >= 0.3 is 0 Å². The molecule has 0 atom stereocenters. The van der Waals surface area contributed by atoms with Crippen LogP contribution in [0.1, 0.15) is 10.5 Å². The van der Waals surface area contributed by atoms with Gasteiger partial charge in [-0.2, -0.15) is 5.10 Å². The second-order valence-corrected chi connectivity index (χ2v) is 3.79. The van der Waals surface area contributed by atoms with Crippen molar-refractivity contribution in [1.82, 2.24) is 14.8 Å². The molecule has 0 aliphatic carbocycles. The van der Waals surface area contributed by atoms with Crippen molar-refractivity contribution in [2.45, 2.75) is 0 Å². The molecule has 3 N–H and O–H groups in total. The Morgan fingerprint density at radius 2 is 2.29 bits per heavy atom. The Hall–Kier alpha value is -2.08. The van der Waals surface area contributed by atoms with Gasteiger partial charge in [0.2, 0.25) is 0 Å². The van der Waals surface area contributed by atoms with E-state index in [0.29, 0.717) is 16.7 Å². The number of amides is 1. The number of aromatic nitrogens is 3. The molecule has 17 heavy (non-hydrogen) atoms. The van der Waals surface area contributed by atoms with Gasteiger partial charge in [-0.3, -0.25) is 9.48 Å². The first-order valence-electron chi connectivity index (χ1n) is 4.79. The summed E-state index contributed by atoms with van der Waals surface area (Å²) in [7, 11) is 1.69. The van der Waals surface area contributed by atoms with Crippen LogP contribution in [-0.2, 0) is 7.05 Å². The predicted octanol–water partition coefficient (Wildman–Crippen LogP) is 1.30. The molecule has 88 valence electrons. The number of halogens is 1. The first-order valence-corrected chi connectivity index (χ1v) is 5.17. The number of hydrogen-bond donors (Lipinski definition) is 2. The quantitative estimate of drug-likeness (QED) is 0.788. The average Bonchev–Trinajstić information content (AvgIpc) is 2.58. The summed E-state index contributed by atoms with van der Waals surface area (Å²) in [4.78, 5) is 15.7. The van der Waals surface area contributed by atoms with Gasteiger partial charge in [0.05, 0.1) is 5.69 Å². The number of anilines is 2. The zero-order chi connectivity index (χ0) is 12.4. The Bertz CT molecular complexity index is 566. The van der Waals surface area contributed by atoms with E-state index < -0.39 is 5.91 Å². The van der Waals surface area contributed by atoms with Crippen LogP contribution in [0.4, 0.5) is 11.5 Å². The topological polar surface area (TPSA) is 85.8 Å². The lowest BCUT2D eigenvalue weighted by atomic mass is 10.3. The summed E-state index contributed by atoms with van der Waals surface area (Å²) < 4.78 is 1.47. The molecule has 0 saturated heterocycles. The number of nitrogens with zero attached hydrogens (tertiary/aromatic N) is 3. The zero-order valence-corrected chi connectivity index (χ0v) is 9.77. The molecule has 0 saturated carbocycles. The molecule has 2 rings (SSSR count). The number of carbonyl (C=O) groups excluding carboxylic acids is 1. The number of nitrogens with one attached hydrogen (secondary N) is 1. The Balaban J connectivity index is 2.20. The predicted molar refractivity (Wildman–Crippen MR) is 64.8 cm³/mol. The van der Waals surface area contributed by atoms with E-state index >= 15 is 0 Å². The molecule has 0 radical (unpaired) electrons. The van der Waals surface area contributed by atoms with Gasteiger partial charge < -0.3 is 11.1 Å².